The first-order valence-electron chi connectivity index (χ1n) is 7.10. The molecule has 4 nitrogen and oxygen atoms in total. The minimum atomic E-state index is 0.153. The quantitative estimate of drug-likeness (QED) is 0.630. The second kappa shape index (κ2) is 5.49. The van der Waals surface area contributed by atoms with E-state index in [0.717, 1.165) is 18.8 Å². The van der Waals surface area contributed by atoms with Gasteiger partial charge in [-0.25, -0.2) is 0 Å². The third-order valence-corrected chi connectivity index (χ3v) is 3.95. The van der Waals surface area contributed by atoms with Crippen molar-refractivity contribution in [3.05, 3.63) is 29.8 Å². The Morgan fingerprint density at radius 3 is 2.58 bits per heavy atom. The lowest BCUT2D eigenvalue weighted by molar-refractivity contribution is 0.117. The normalized spacial score (nSPS) is 28.3. The Kier molecular flexibility index (Phi) is 3.73. The van der Waals surface area contributed by atoms with E-state index in [1.165, 1.54) is 18.4 Å². The molecule has 0 bridgehead atoms. The van der Waals surface area contributed by atoms with Crippen molar-refractivity contribution in [1.29, 1.82) is 0 Å². The highest BCUT2D eigenvalue weighted by Crippen LogP contribution is 2.33. The number of nitrogens with two attached hydrogens (primary N) is 1. The second-order valence-corrected chi connectivity index (χ2v) is 5.67. The molecule has 1 aromatic carbocycles. The van der Waals surface area contributed by atoms with Gasteiger partial charge in [0.1, 0.15) is 5.75 Å². The number of ether oxygens (including phenoxy) is 2. The summed E-state index contributed by atoms with van der Waals surface area (Å²) in [5, 5.41) is 0. The molecule has 1 saturated heterocycles. The monoisotopic (exact) mass is 262 g/mol. The Hall–Kier alpha value is -1.10. The van der Waals surface area contributed by atoms with Crippen molar-refractivity contribution in [2.24, 2.45) is 11.8 Å². The second-order valence-electron chi connectivity index (χ2n) is 5.67. The Balaban J connectivity index is 1.68. The number of hydrogen-bond acceptors (Lipinski definition) is 4. The third-order valence-electron chi connectivity index (χ3n) is 3.95. The molecule has 1 aliphatic carbocycles. The van der Waals surface area contributed by atoms with Gasteiger partial charge in [-0.1, -0.05) is 12.1 Å². The molecule has 104 valence electrons. The molecule has 1 saturated carbocycles. The average Bonchev–Trinajstić information content (AvgIpc) is 3.13. The summed E-state index contributed by atoms with van der Waals surface area (Å²) in [7, 11) is 0. The van der Waals surface area contributed by atoms with Crippen LogP contribution in [0.1, 0.15) is 37.8 Å². The molecule has 1 heterocycles. The zero-order valence-electron chi connectivity index (χ0n) is 11.3. The van der Waals surface area contributed by atoms with Crippen LogP contribution < -0.4 is 16.0 Å². The molecule has 0 spiro atoms. The smallest absolute Gasteiger partial charge is 0.119 e. The molecule has 2 fully saturated rings. The molecule has 0 radical (unpaired) electrons. The summed E-state index contributed by atoms with van der Waals surface area (Å²) in [5.41, 5.74) is 4.13. The predicted octanol–water partition coefficient (Wildman–Crippen LogP) is 2.16. The van der Waals surface area contributed by atoms with Gasteiger partial charge in [0.05, 0.1) is 24.9 Å². The van der Waals surface area contributed by atoms with Gasteiger partial charge in [-0.2, -0.15) is 0 Å². The largest absolute Gasteiger partial charge is 0.490 e. The van der Waals surface area contributed by atoms with Gasteiger partial charge in [0, 0.05) is 5.92 Å². The van der Waals surface area contributed by atoms with Gasteiger partial charge in [0.15, 0.2) is 0 Å². The first-order chi connectivity index (χ1) is 9.26. The van der Waals surface area contributed by atoms with E-state index >= 15 is 0 Å². The highest BCUT2D eigenvalue weighted by Gasteiger charge is 2.30. The van der Waals surface area contributed by atoms with E-state index in [1.54, 1.807) is 0 Å². The summed E-state index contributed by atoms with van der Waals surface area (Å²) in [6.07, 6.45) is 4.20. The summed E-state index contributed by atoms with van der Waals surface area (Å²) >= 11 is 0. The maximum Gasteiger partial charge on any atom is 0.119 e. The van der Waals surface area contributed by atoms with Gasteiger partial charge in [-0.15, -0.1) is 0 Å². The molecule has 1 aliphatic heterocycles. The molecule has 3 atom stereocenters. The van der Waals surface area contributed by atoms with Crippen molar-refractivity contribution >= 4 is 0 Å². The predicted molar refractivity (Wildman–Crippen MR) is 73.7 cm³/mol. The van der Waals surface area contributed by atoms with Crippen molar-refractivity contribution in [3.8, 4) is 5.75 Å². The fourth-order valence-corrected chi connectivity index (χ4v) is 2.72. The van der Waals surface area contributed by atoms with Crippen LogP contribution in [-0.2, 0) is 4.74 Å². The number of rotatable bonds is 5. The molecule has 4 heteroatoms. The number of nitrogens with one attached hydrogen (secondary N) is 1. The van der Waals surface area contributed by atoms with E-state index in [-0.39, 0.29) is 6.04 Å². The van der Waals surface area contributed by atoms with Gasteiger partial charge in [0.2, 0.25) is 0 Å². The van der Waals surface area contributed by atoms with Crippen LogP contribution in [0.4, 0.5) is 0 Å². The Morgan fingerprint density at radius 1 is 1.32 bits per heavy atom. The minimum Gasteiger partial charge on any atom is -0.490 e. The fraction of sp³-hybridized carbons (Fsp3) is 0.600. The number of hydrogen-bond donors (Lipinski definition) is 2. The number of hydrazine groups is 1. The summed E-state index contributed by atoms with van der Waals surface area (Å²) in [4.78, 5) is 0. The van der Waals surface area contributed by atoms with Gasteiger partial charge < -0.3 is 9.47 Å². The maximum atomic E-state index is 5.76. The Bertz CT molecular complexity index is 417. The fourth-order valence-electron chi connectivity index (χ4n) is 2.72. The van der Waals surface area contributed by atoms with E-state index in [0.29, 0.717) is 18.1 Å². The number of benzene rings is 1. The Morgan fingerprint density at radius 2 is 2.05 bits per heavy atom. The van der Waals surface area contributed by atoms with Crippen LogP contribution in [0.2, 0.25) is 0 Å². The molecule has 3 rings (SSSR count). The molecule has 3 unspecified atom stereocenters. The van der Waals surface area contributed by atoms with Gasteiger partial charge in [-0.3, -0.25) is 11.3 Å². The lowest BCUT2D eigenvalue weighted by atomic mass is 9.91. The third kappa shape index (κ3) is 3.08. The van der Waals surface area contributed by atoms with Crippen LogP contribution in [0.15, 0.2) is 24.3 Å². The standard InChI is InChI=1S/C15H22N2O2/c1-10-8-12(9-18-10)15(17-16)11-2-4-13(5-3-11)19-14-6-7-14/h2-5,10,12,14-15,17H,6-9,16H2,1H3. The van der Waals surface area contributed by atoms with E-state index in [4.69, 9.17) is 15.3 Å². The molecule has 3 N–H and O–H groups in total. The highest BCUT2D eigenvalue weighted by molar-refractivity contribution is 5.30. The molecular weight excluding hydrogens is 240 g/mol. The zero-order chi connectivity index (χ0) is 13.2. The molecule has 2 aliphatic rings. The topological polar surface area (TPSA) is 56.5 Å². The van der Waals surface area contributed by atoms with Crippen molar-refractivity contribution in [2.75, 3.05) is 6.61 Å². The van der Waals surface area contributed by atoms with Gasteiger partial charge in [-0.05, 0) is 43.9 Å². The summed E-state index contributed by atoms with van der Waals surface area (Å²) in [6.45, 7) is 2.89. The molecular formula is C15H22N2O2. The maximum absolute atomic E-state index is 5.76. The van der Waals surface area contributed by atoms with Crippen molar-refractivity contribution in [3.63, 3.8) is 0 Å². The van der Waals surface area contributed by atoms with Crippen molar-refractivity contribution < 1.29 is 9.47 Å². The lowest BCUT2D eigenvalue weighted by Crippen LogP contribution is -2.33. The molecule has 19 heavy (non-hydrogen) atoms. The van der Waals surface area contributed by atoms with Crippen molar-refractivity contribution in [2.45, 2.75) is 44.4 Å². The molecule has 1 aromatic rings. The van der Waals surface area contributed by atoms with Gasteiger partial charge >= 0.3 is 0 Å². The van der Waals surface area contributed by atoms with Crippen LogP contribution in [0.5, 0.6) is 5.75 Å². The van der Waals surface area contributed by atoms with E-state index in [9.17, 15) is 0 Å². The van der Waals surface area contributed by atoms with E-state index < -0.39 is 0 Å². The van der Waals surface area contributed by atoms with Crippen LogP contribution in [0.25, 0.3) is 0 Å². The van der Waals surface area contributed by atoms with Crippen molar-refractivity contribution in [1.82, 2.24) is 5.43 Å². The van der Waals surface area contributed by atoms with Crippen LogP contribution in [-0.4, -0.2) is 18.8 Å². The Labute approximate surface area is 114 Å². The lowest BCUT2D eigenvalue weighted by Gasteiger charge is -2.22. The van der Waals surface area contributed by atoms with E-state index in [2.05, 4.69) is 24.5 Å². The average molecular weight is 262 g/mol. The van der Waals surface area contributed by atoms with Crippen LogP contribution in [0.3, 0.4) is 0 Å². The molecule has 0 aromatic heterocycles. The summed E-state index contributed by atoms with van der Waals surface area (Å²) in [6, 6.07) is 8.44. The zero-order valence-corrected chi connectivity index (χ0v) is 11.3. The molecule has 0 amide bonds. The van der Waals surface area contributed by atoms with E-state index in [1.807, 2.05) is 12.1 Å². The highest BCUT2D eigenvalue weighted by atomic mass is 16.5. The first-order valence-corrected chi connectivity index (χ1v) is 7.10. The minimum absolute atomic E-state index is 0.153. The summed E-state index contributed by atoms with van der Waals surface area (Å²) < 4.78 is 11.4. The first kappa shape index (κ1) is 12.9. The summed E-state index contributed by atoms with van der Waals surface area (Å²) in [5.74, 6) is 7.12. The van der Waals surface area contributed by atoms with Crippen LogP contribution >= 0.6 is 0 Å². The SMILES string of the molecule is CC1CC(C(NN)c2ccc(OC3CC3)cc2)CO1. The van der Waals surface area contributed by atoms with Gasteiger partial charge in [0.25, 0.3) is 0 Å². The van der Waals surface area contributed by atoms with Crippen LogP contribution in [0, 0.1) is 5.92 Å².